The van der Waals surface area contributed by atoms with Crippen molar-refractivity contribution in [2.24, 2.45) is 0 Å². The van der Waals surface area contributed by atoms with Gasteiger partial charge in [-0.05, 0) is 45.0 Å². The number of carbonyl (C=O) groups excluding carboxylic acids is 1. The van der Waals surface area contributed by atoms with Gasteiger partial charge in [0.05, 0.1) is 18.5 Å². The first kappa shape index (κ1) is 18.6. The monoisotopic (exact) mass is 365 g/mol. The number of rotatable bonds is 4. The Morgan fingerprint density at radius 2 is 1.81 bits per heavy atom. The van der Waals surface area contributed by atoms with E-state index in [0.29, 0.717) is 22.9 Å². The highest BCUT2D eigenvalue weighted by molar-refractivity contribution is 6.02. The van der Waals surface area contributed by atoms with Crippen molar-refractivity contribution in [3.63, 3.8) is 0 Å². The van der Waals surface area contributed by atoms with Gasteiger partial charge in [-0.3, -0.25) is 0 Å². The van der Waals surface area contributed by atoms with Crippen LogP contribution in [0.4, 0.5) is 10.5 Å². The van der Waals surface area contributed by atoms with Gasteiger partial charge in [-0.1, -0.05) is 30.8 Å². The largest absolute Gasteiger partial charge is 0.497 e. The summed E-state index contributed by atoms with van der Waals surface area (Å²) in [4.78, 5) is 14.3. The van der Waals surface area contributed by atoms with E-state index in [-0.39, 0.29) is 0 Å². The third kappa shape index (κ3) is 4.14. The fourth-order valence-corrected chi connectivity index (χ4v) is 2.66. The van der Waals surface area contributed by atoms with Crippen molar-refractivity contribution in [2.75, 3.05) is 12.0 Å². The number of fused-ring (bicyclic) bond motifs is 1. The maximum Gasteiger partial charge on any atom is 0.419 e. The molecule has 0 aliphatic carbocycles. The molecule has 5 nitrogen and oxygen atoms in total. The van der Waals surface area contributed by atoms with Gasteiger partial charge in [0.1, 0.15) is 16.9 Å². The molecule has 0 N–H and O–H groups in total. The molecule has 3 aromatic rings. The molecule has 0 aliphatic heterocycles. The van der Waals surface area contributed by atoms with E-state index in [2.05, 4.69) is 6.58 Å². The normalized spacial score (nSPS) is 11.3. The molecular weight excluding hydrogens is 342 g/mol. The van der Waals surface area contributed by atoms with Gasteiger partial charge >= 0.3 is 6.09 Å². The fraction of sp³-hybridized carbons (Fsp3) is 0.227. The summed E-state index contributed by atoms with van der Waals surface area (Å²) >= 11 is 0. The topological polar surface area (TPSA) is 51.9 Å². The number of anilines is 1. The molecule has 0 atom stereocenters. The smallest absolute Gasteiger partial charge is 0.419 e. The van der Waals surface area contributed by atoms with Gasteiger partial charge in [-0.25, -0.2) is 9.69 Å². The number of furan rings is 1. The zero-order chi connectivity index (χ0) is 19.6. The highest BCUT2D eigenvalue weighted by Crippen LogP contribution is 2.32. The summed E-state index contributed by atoms with van der Waals surface area (Å²) in [6, 6.07) is 16.6. The summed E-state index contributed by atoms with van der Waals surface area (Å²) in [5.74, 6) is 1.11. The molecule has 0 unspecified atom stereocenters. The first-order chi connectivity index (χ1) is 12.8. The molecule has 0 radical (unpaired) electrons. The molecule has 27 heavy (non-hydrogen) atoms. The number of hydrogen-bond acceptors (Lipinski definition) is 4. The lowest BCUT2D eigenvalue weighted by atomic mass is 10.2. The van der Waals surface area contributed by atoms with Crippen LogP contribution in [0.25, 0.3) is 16.7 Å². The van der Waals surface area contributed by atoms with Crippen molar-refractivity contribution in [2.45, 2.75) is 26.4 Å². The van der Waals surface area contributed by atoms with Crippen LogP contribution in [0.2, 0.25) is 0 Å². The van der Waals surface area contributed by atoms with Gasteiger partial charge in [0, 0.05) is 11.5 Å². The zero-order valence-corrected chi connectivity index (χ0v) is 16.0. The average Bonchev–Trinajstić information content (AvgIpc) is 3.04. The van der Waals surface area contributed by atoms with E-state index in [1.54, 1.807) is 31.4 Å². The van der Waals surface area contributed by atoms with Crippen molar-refractivity contribution in [3.05, 3.63) is 66.9 Å². The van der Waals surface area contributed by atoms with Gasteiger partial charge in [-0.15, -0.1) is 0 Å². The predicted molar refractivity (Wildman–Crippen MR) is 107 cm³/mol. The minimum atomic E-state index is -0.650. The maximum absolute atomic E-state index is 12.9. The number of benzene rings is 2. The molecule has 1 heterocycles. The Morgan fingerprint density at radius 1 is 1.07 bits per heavy atom. The minimum Gasteiger partial charge on any atom is -0.497 e. The van der Waals surface area contributed by atoms with E-state index in [9.17, 15) is 4.79 Å². The fourth-order valence-electron chi connectivity index (χ4n) is 2.66. The molecule has 1 aromatic heterocycles. The molecule has 0 bridgehead atoms. The van der Waals surface area contributed by atoms with Crippen molar-refractivity contribution in [1.82, 2.24) is 0 Å². The maximum atomic E-state index is 12.9. The first-order valence-electron chi connectivity index (χ1n) is 8.63. The lowest BCUT2D eigenvalue weighted by Crippen LogP contribution is -2.35. The van der Waals surface area contributed by atoms with Crippen LogP contribution in [0.3, 0.4) is 0 Å². The molecular formula is C22H23NO4. The SMILES string of the molecule is C=C(c1cc2ccccc2o1)N(C(=O)OC(C)(C)C)c1cccc(OC)c1. The van der Waals surface area contributed by atoms with Crippen LogP contribution < -0.4 is 9.64 Å². The molecule has 0 saturated heterocycles. The van der Waals surface area contributed by atoms with Crippen LogP contribution in [-0.4, -0.2) is 18.8 Å². The van der Waals surface area contributed by atoms with Crippen LogP contribution >= 0.6 is 0 Å². The quantitative estimate of drug-likeness (QED) is 0.581. The van der Waals surface area contributed by atoms with Crippen molar-refractivity contribution >= 4 is 28.4 Å². The highest BCUT2D eigenvalue weighted by atomic mass is 16.6. The Hall–Kier alpha value is -3.21. The van der Waals surface area contributed by atoms with E-state index in [4.69, 9.17) is 13.9 Å². The van der Waals surface area contributed by atoms with Crippen LogP contribution in [0.5, 0.6) is 5.75 Å². The molecule has 140 valence electrons. The number of para-hydroxylation sites is 1. The third-order valence-electron chi connectivity index (χ3n) is 3.87. The number of methoxy groups -OCH3 is 1. The van der Waals surface area contributed by atoms with Gasteiger partial charge < -0.3 is 13.9 Å². The molecule has 0 saturated carbocycles. The molecule has 0 aliphatic rings. The van der Waals surface area contributed by atoms with E-state index >= 15 is 0 Å². The Labute approximate surface area is 158 Å². The third-order valence-corrected chi connectivity index (χ3v) is 3.87. The molecule has 0 spiro atoms. The number of carbonyl (C=O) groups is 1. The summed E-state index contributed by atoms with van der Waals surface area (Å²) in [6.07, 6.45) is -0.541. The second-order valence-electron chi connectivity index (χ2n) is 7.11. The molecule has 0 fully saturated rings. The molecule has 5 heteroatoms. The Bertz CT molecular complexity index is 948. The Morgan fingerprint density at radius 3 is 2.48 bits per heavy atom. The van der Waals surface area contributed by atoms with Crippen molar-refractivity contribution in [3.8, 4) is 5.75 Å². The van der Waals surface area contributed by atoms with Gasteiger partial charge in [0.2, 0.25) is 0 Å². The van der Waals surface area contributed by atoms with Gasteiger partial charge in [0.15, 0.2) is 5.76 Å². The lowest BCUT2D eigenvalue weighted by molar-refractivity contribution is 0.0600. The van der Waals surface area contributed by atoms with Crippen LogP contribution in [0.15, 0.2) is 65.6 Å². The van der Waals surface area contributed by atoms with E-state index < -0.39 is 11.7 Å². The highest BCUT2D eigenvalue weighted by Gasteiger charge is 2.28. The number of nitrogens with zero attached hydrogens (tertiary/aromatic N) is 1. The average molecular weight is 365 g/mol. The minimum absolute atomic E-state index is 0.383. The Kier molecular flexibility index (Phi) is 4.95. The van der Waals surface area contributed by atoms with E-state index in [1.165, 1.54) is 4.90 Å². The molecule has 1 amide bonds. The second-order valence-corrected chi connectivity index (χ2v) is 7.11. The van der Waals surface area contributed by atoms with E-state index in [1.807, 2.05) is 51.1 Å². The Balaban J connectivity index is 2.04. The number of amides is 1. The van der Waals surface area contributed by atoms with Crippen LogP contribution in [-0.2, 0) is 4.74 Å². The summed E-state index contributed by atoms with van der Waals surface area (Å²) in [6.45, 7) is 9.55. The van der Waals surface area contributed by atoms with Gasteiger partial charge in [-0.2, -0.15) is 0 Å². The number of hydrogen-bond donors (Lipinski definition) is 0. The molecule has 3 rings (SSSR count). The van der Waals surface area contributed by atoms with Crippen LogP contribution in [0.1, 0.15) is 26.5 Å². The standard InChI is InChI=1S/C22H23NO4/c1-15(20-13-16-9-6-7-12-19(16)26-20)23(21(24)27-22(2,3)4)17-10-8-11-18(14-17)25-5/h6-14H,1H2,2-5H3. The summed E-state index contributed by atoms with van der Waals surface area (Å²) in [7, 11) is 1.57. The second kappa shape index (κ2) is 7.19. The van der Waals surface area contributed by atoms with Crippen molar-refractivity contribution in [1.29, 1.82) is 0 Å². The van der Waals surface area contributed by atoms with Crippen LogP contribution in [0, 0.1) is 0 Å². The number of ether oxygens (including phenoxy) is 2. The summed E-state index contributed by atoms with van der Waals surface area (Å²) < 4.78 is 16.8. The summed E-state index contributed by atoms with van der Waals surface area (Å²) in [5, 5.41) is 0.934. The first-order valence-corrected chi connectivity index (χ1v) is 8.63. The van der Waals surface area contributed by atoms with Crippen molar-refractivity contribution < 1.29 is 18.7 Å². The molecule has 2 aromatic carbocycles. The van der Waals surface area contributed by atoms with E-state index in [0.717, 1.165) is 11.0 Å². The zero-order valence-electron chi connectivity index (χ0n) is 16.0. The lowest BCUT2D eigenvalue weighted by Gasteiger charge is -2.28. The summed E-state index contributed by atoms with van der Waals surface area (Å²) in [5.41, 5.74) is 1.04. The van der Waals surface area contributed by atoms with Gasteiger partial charge in [0.25, 0.3) is 0 Å². The predicted octanol–water partition coefficient (Wildman–Crippen LogP) is 5.85.